The van der Waals surface area contributed by atoms with Gasteiger partial charge in [0.1, 0.15) is 5.65 Å². The van der Waals surface area contributed by atoms with Crippen LogP contribution in [0.3, 0.4) is 0 Å². The molecule has 0 amide bonds. The van der Waals surface area contributed by atoms with Gasteiger partial charge in [0.2, 0.25) is 29.1 Å². The van der Waals surface area contributed by atoms with Gasteiger partial charge in [0.25, 0.3) is 0 Å². The van der Waals surface area contributed by atoms with Gasteiger partial charge in [-0.05, 0) is 54.6 Å². The van der Waals surface area contributed by atoms with Gasteiger partial charge in [-0.1, -0.05) is 0 Å². The monoisotopic (exact) mass is 1220 g/mol. The second kappa shape index (κ2) is 19.1. The molecular formula is C55H12F25N5. The predicted octanol–water partition coefficient (Wildman–Crippen LogP) is 16.9. The van der Waals surface area contributed by atoms with Crippen molar-refractivity contribution < 1.29 is 110 Å². The first kappa shape index (κ1) is 55.6. The average molecular weight is 1220 g/mol. The van der Waals surface area contributed by atoms with Gasteiger partial charge in [0.05, 0.1) is 44.5 Å². The van der Waals surface area contributed by atoms with Crippen molar-refractivity contribution in [2.24, 2.45) is 0 Å². The Morgan fingerprint density at radius 3 is 0.729 bits per heavy atom. The Kier molecular flexibility index (Phi) is 12.5. The minimum Gasteiger partial charge on any atom is -0.354 e. The molecule has 432 valence electrons. The summed E-state index contributed by atoms with van der Waals surface area (Å²) in [4.78, 5) is 10.7. The Labute approximate surface area is 449 Å². The largest absolute Gasteiger partial charge is 0.354 e. The smallest absolute Gasteiger partial charge is 0.200 e. The molecule has 0 aliphatic carbocycles. The third-order valence-electron chi connectivity index (χ3n) is 13.9. The van der Waals surface area contributed by atoms with Crippen LogP contribution in [0.5, 0.6) is 0 Å². The number of H-pyrrole nitrogens is 3. The number of benzene rings is 5. The van der Waals surface area contributed by atoms with Gasteiger partial charge in [-0.2, -0.15) is 0 Å². The minimum atomic E-state index is -2.86. The number of aromatic nitrogens is 5. The topological polar surface area (TPSA) is 64.7 Å². The molecule has 12 rings (SSSR count). The highest BCUT2D eigenvalue weighted by atomic mass is 19.2. The van der Waals surface area contributed by atoms with Gasteiger partial charge in [-0.25, -0.2) is 115 Å². The van der Waals surface area contributed by atoms with Crippen molar-refractivity contribution in [2.45, 2.75) is 0 Å². The molecule has 8 bridgehead atoms. The maximum Gasteiger partial charge on any atom is 0.200 e. The highest BCUT2D eigenvalue weighted by molar-refractivity contribution is 6.04. The van der Waals surface area contributed by atoms with Crippen LogP contribution in [0, 0.1) is 145 Å². The van der Waals surface area contributed by atoms with E-state index in [1.54, 1.807) is 0 Å². The van der Waals surface area contributed by atoms with Crippen LogP contribution in [0.25, 0.3) is 111 Å². The van der Waals surface area contributed by atoms with Crippen LogP contribution in [0.1, 0.15) is 5.69 Å². The fraction of sp³-hybridized carbons (Fsp3) is 0. The van der Waals surface area contributed by atoms with Crippen molar-refractivity contribution in [3.63, 3.8) is 0 Å². The van der Waals surface area contributed by atoms with E-state index in [9.17, 15) is 22.0 Å². The van der Waals surface area contributed by atoms with Gasteiger partial charge < -0.3 is 15.0 Å². The normalized spacial score (nSPS) is 12.2. The SMILES string of the molecule is Fc1c(F)c(F)c(-c2c3nc4c(c(-c5c(F)c(F)c(F)c(F)c5F)c5ccc(c(-c6c(F)c(F)c(F)c(F)c6F)c6ccc([nH]6)c(-c6c(F)c(F)c(F)c(F)c6F)c6ccc([nH]6)c(-c6c(F)c(F)c(F)c(F)c6F)c6ccc2[nH]6)n54)=C3)c(F)c1F. The number of fused-ring (bicyclic) bond motifs is 7. The molecule has 5 aromatic carbocycles. The fourth-order valence-corrected chi connectivity index (χ4v) is 10.2. The Morgan fingerprint density at radius 1 is 0.224 bits per heavy atom. The Bertz CT molecular complexity index is 5010. The van der Waals surface area contributed by atoms with Crippen LogP contribution in [0.15, 0.2) is 48.5 Å². The molecule has 3 N–H and O–H groups in total. The molecule has 30 heteroatoms. The molecule has 0 spiro atoms. The van der Waals surface area contributed by atoms with Crippen molar-refractivity contribution in [1.29, 1.82) is 0 Å². The zero-order chi connectivity index (χ0) is 61.3. The molecule has 85 heavy (non-hydrogen) atoms. The summed E-state index contributed by atoms with van der Waals surface area (Å²) >= 11 is 0. The van der Waals surface area contributed by atoms with E-state index in [1.165, 1.54) is 0 Å². The molecule has 7 heterocycles. The summed E-state index contributed by atoms with van der Waals surface area (Å²) < 4.78 is 390. The molecule has 0 saturated heterocycles. The van der Waals surface area contributed by atoms with E-state index >= 15 is 87.8 Å². The molecule has 1 aliphatic rings. The van der Waals surface area contributed by atoms with E-state index in [1.807, 2.05) is 0 Å². The summed E-state index contributed by atoms with van der Waals surface area (Å²) in [5, 5.41) is -1.08. The maximum absolute atomic E-state index is 16.5. The number of halogens is 25. The van der Waals surface area contributed by atoms with E-state index in [0.29, 0.717) is 59.0 Å². The first-order valence-electron chi connectivity index (χ1n) is 23.1. The van der Waals surface area contributed by atoms with E-state index in [0.717, 1.165) is 0 Å². The predicted molar refractivity (Wildman–Crippen MR) is 248 cm³/mol. The second-order valence-corrected chi connectivity index (χ2v) is 18.3. The number of nitrogens with zero attached hydrogens (tertiary/aromatic N) is 2. The average Bonchev–Trinajstić information content (AvgIpc) is 2.06. The summed E-state index contributed by atoms with van der Waals surface area (Å²) in [5.41, 5.74) is -28.5. The molecule has 1 aliphatic heterocycles. The van der Waals surface area contributed by atoms with Crippen molar-refractivity contribution in [2.75, 3.05) is 0 Å². The zero-order valence-corrected chi connectivity index (χ0v) is 40.0. The molecule has 0 fully saturated rings. The quantitative estimate of drug-likeness (QED) is 0.0897. The lowest BCUT2D eigenvalue weighted by Gasteiger charge is -2.11. The van der Waals surface area contributed by atoms with Crippen LogP contribution >= 0.6 is 0 Å². The zero-order valence-electron chi connectivity index (χ0n) is 40.0. The molecule has 11 aromatic rings. The summed E-state index contributed by atoms with van der Waals surface area (Å²) in [6.45, 7) is 0. The number of aromatic amines is 3. The third kappa shape index (κ3) is 7.54. The molecule has 0 atom stereocenters. The lowest BCUT2D eigenvalue weighted by molar-refractivity contribution is 0.381. The van der Waals surface area contributed by atoms with Crippen molar-refractivity contribution in [3.8, 4) is 55.6 Å². The minimum absolute atomic E-state index is 0.348. The van der Waals surface area contributed by atoms with E-state index in [-0.39, 0.29) is 0 Å². The molecule has 0 saturated carbocycles. The van der Waals surface area contributed by atoms with Crippen molar-refractivity contribution >= 4 is 55.9 Å². The van der Waals surface area contributed by atoms with Gasteiger partial charge in [-0.3, -0.25) is 4.40 Å². The Hall–Kier alpha value is -9.90. The van der Waals surface area contributed by atoms with Crippen LogP contribution in [-0.2, 0) is 0 Å². The first-order chi connectivity index (χ1) is 40.1. The highest BCUT2D eigenvalue weighted by Crippen LogP contribution is 2.45. The van der Waals surface area contributed by atoms with Crippen LogP contribution < -0.4 is 5.22 Å². The number of rotatable bonds is 5. The van der Waals surface area contributed by atoms with Gasteiger partial charge in [0, 0.05) is 66.1 Å². The van der Waals surface area contributed by atoms with Gasteiger partial charge >= 0.3 is 0 Å². The molecular weight excluding hydrogens is 1210 g/mol. The standard InChI is InChI=1S/C55H12F25N5/c56-30-25(31(57)41(67)50(76)40(30)66)20-10-9-17-23(28-36(62)46(72)53(79)47(73)37(28)63)15-4-3-13(82-15)21(26-32(58)42(68)51(77)43(69)33(26)59)11-1-2-12(81-11)22(27-34(60)44(70)52(78)45(71)35(27)61)14-5-6-16(83-14)24(19-8-7-18(20)85(19)55(10)84-17)29-38(64)48(74)54(80)49(75)39(29)65/h1-9,81-83H. The summed E-state index contributed by atoms with van der Waals surface area (Å²) in [6, 6.07) is 4.30. The van der Waals surface area contributed by atoms with Crippen molar-refractivity contribution in [1.82, 2.24) is 24.3 Å². The number of hydrogen-bond acceptors (Lipinski definition) is 1. The number of hydrogen-bond donors (Lipinski definition) is 3. The first-order valence-corrected chi connectivity index (χ1v) is 23.1. The molecule has 6 aromatic heterocycles. The molecule has 0 unspecified atom stereocenters. The van der Waals surface area contributed by atoms with Crippen LogP contribution in [0.2, 0.25) is 0 Å². The lowest BCUT2D eigenvalue weighted by Crippen LogP contribution is -2.09. The van der Waals surface area contributed by atoms with Crippen LogP contribution in [0.4, 0.5) is 110 Å². The van der Waals surface area contributed by atoms with E-state index in [2.05, 4.69) is 19.9 Å². The fourth-order valence-electron chi connectivity index (χ4n) is 10.2. The summed E-state index contributed by atoms with van der Waals surface area (Å²) in [6.07, 6.45) is 0.365. The Balaban J connectivity index is 1.44. The van der Waals surface area contributed by atoms with Gasteiger partial charge in [0.15, 0.2) is 116 Å². The van der Waals surface area contributed by atoms with E-state index in [4.69, 9.17) is 0 Å². The van der Waals surface area contributed by atoms with Gasteiger partial charge in [-0.15, -0.1) is 0 Å². The molecule has 0 radical (unpaired) electrons. The lowest BCUT2D eigenvalue weighted by atomic mass is 9.99. The molecule has 5 nitrogen and oxygen atoms in total. The van der Waals surface area contributed by atoms with Crippen molar-refractivity contribution in [3.05, 3.63) is 205 Å². The third-order valence-corrected chi connectivity index (χ3v) is 13.9. The maximum atomic E-state index is 16.5. The van der Waals surface area contributed by atoms with Crippen LogP contribution in [-0.4, -0.2) is 24.3 Å². The Morgan fingerprint density at radius 2 is 0.435 bits per heavy atom. The summed E-state index contributed by atoms with van der Waals surface area (Å²) in [7, 11) is 0. The summed E-state index contributed by atoms with van der Waals surface area (Å²) in [5.74, 6) is -69.1. The highest BCUT2D eigenvalue weighted by Gasteiger charge is 2.37. The van der Waals surface area contributed by atoms with E-state index < -0.39 is 262 Å². The number of nitrogens with one attached hydrogen (secondary N) is 3. The second-order valence-electron chi connectivity index (χ2n) is 18.3.